The van der Waals surface area contributed by atoms with Gasteiger partial charge in [-0.05, 0) is 31.9 Å². The Morgan fingerprint density at radius 3 is 2.62 bits per heavy atom. The van der Waals surface area contributed by atoms with E-state index in [2.05, 4.69) is 5.32 Å². The van der Waals surface area contributed by atoms with Gasteiger partial charge >= 0.3 is 0 Å². The van der Waals surface area contributed by atoms with Gasteiger partial charge in [0, 0.05) is 17.7 Å². The van der Waals surface area contributed by atoms with Crippen molar-refractivity contribution in [3.8, 4) is 5.75 Å². The summed E-state index contributed by atoms with van der Waals surface area (Å²) in [4.78, 5) is 0. The van der Waals surface area contributed by atoms with E-state index in [1.165, 1.54) is 25.3 Å². The van der Waals surface area contributed by atoms with Gasteiger partial charge in [0.25, 0.3) is 0 Å². The zero-order chi connectivity index (χ0) is 11.5. The molecule has 0 amide bonds. The molecule has 3 heteroatoms. The summed E-state index contributed by atoms with van der Waals surface area (Å²) in [6.45, 7) is 0. The first-order valence-electron chi connectivity index (χ1n) is 5.77. The molecular formula is C13H18FNO. The van der Waals surface area contributed by atoms with E-state index in [-0.39, 0.29) is 11.9 Å². The second-order valence-corrected chi connectivity index (χ2v) is 4.34. The molecule has 2 nitrogen and oxygen atoms in total. The highest BCUT2D eigenvalue weighted by molar-refractivity contribution is 5.31. The predicted molar refractivity (Wildman–Crippen MR) is 62.1 cm³/mol. The van der Waals surface area contributed by atoms with Crippen LogP contribution in [0.2, 0.25) is 0 Å². The van der Waals surface area contributed by atoms with Crippen molar-refractivity contribution in [2.24, 2.45) is 5.92 Å². The molecule has 0 bridgehead atoms. The van der Waals surface area contributed by atoms with Gasteiger partial charge in [0.2, 0.25) is 0 Å². The number of rotatable bonds is 4. The molecular weight excluding hydrogens is 205 g/mol. The van der Waals surface area contributed by atoms with Gasteiger partial charge in [-0.25, -0.2) is 4.39 Å². The van der Waals surface area contributed by atoms with Crippen LogP contribution < -0.4 is 10.1 Å². The van der Waals surface area contributed by atoms with Crippen LogP contribution >= 0.6 is 0 Å². The van der Waals surface area contributed by atoms with E-state index >= 15 is 0 Å². The molecule has 1 saturated carbocycles. The normalized spacial score (nSPS) is 17.9. The van der Waals surface area contributed by atoms with E-state index in [1.807, 2.05) is 19.2 Å². The molecule has 1 aromatic carbocycles. The summed E-state index contributed by atoms with van der Waals surface area (Å²) in [6.07, 6.45) is 3.65. The minimum absolute atomic E-state index is 0.139. The van der Waals surface area contributed by atoms with E-state index in [1.54, 1.807) is 7.11 Å². The minimum atomic E-state index is -0.175. The highest BCUT2D eigenvalue weighted by atomic mass is 19.1. The summed E-state index contributed by atoms with van der Waals surface area (Å²) in [6, 6.07) is 5.24. The Labute approximate surface area is 95.8 Å². The third-order valence-electron chi connectivity index (χ3n) is 3.47. The summed E-state index contributed by atoms with van der Waals surface area (Å²) < 4.78 is 18.9. The monoisotopic (exact) mass is 223 g/mol. The number of ether oxygens (including phenoxy) is 1. The van der Waals surface area contributed by atoms with Gasteiger partial charge in [0.1, 0.15) is 11.6 Å². The fourth-order valence-electron chi connectivity index (χ4n) is 2.31. The van der Waals surface area contributed by atoms with Crippen molar-refractivity contribution in [1.82, 2.24) is 5.32 Å². The molecule has 1 fully saturated rings. The maximum Gasteiger partial charge on any atom is 0.131 e. The van der Waals surface area contributed by atoms with Gasteiger partial charge in [0.05, 0.1) is 7.11 Å². The quantitative estimate of drug-likeness (QED) is 0.847. The molecule has 0 spiro atoms. The summed E-state index contributed by atoms with van der Waals surface area (Å²) in [5.41, 5.74) is 0.757. The Morgan fingerprint density at radius 1 is 1.44 bits per heavy atom. The van der Waals surface area contributed by atoms with Crippen molar-refractivity contribution < 1.29 is 9.13 Å². The molecule has 0 heterocycles. The molecule has 16 heavy (non-hydrogen) atoms. The minimum Gasteiger partial charge on any atom is -0.497 e. The number of hydrogen-bond acceptors (Lipinski definition) is 2. The molecule has 1 aliphatic rings. The molecule has 1 atom stereocenters. The first-order chi connectivity index (χ1) is 7.76. The van der Waals surface area contributed by atoms with Crippen LogP contribution in [0.15, 0.2) is 18.2 Å². The molecule has 1 N–H and O–H groups in total. The van der Waals surface area contributed by atoms with Crippen molar-refractivity contribution in [3.05, 3.63) is 29.6 Å². The number of nitrogens with one attached hydrogen (secondary N) is 1. The van der Waals surface area contributed by atoms with Crippen LogP contribution in [0.5, 0.6) is 5.75 Å². The van der Waals surface area contributed by atoms with Crippen molar-refractivity contribution in [1.29, 1.82) is 0 Å². The molecule has 1 aliphatic carbocycles. The Bertz CT molecular complexity index is 363. The van der Waals surface area contributed by atoms with E-state index < -0.39 is 0 Å². The Kier molecular flexibility index (Phi) is 3.44. The van der Waals surface area contributed by atoms with Gasteiger partial charge < -0.3 is 10.1 Å². The highest BCUT2D eigenvalue weighted by Crippen LogP contribution is 2.38. The maximum atomic E-state index is 13.9. The molecule has 0 aromatic heterocycles. The molecule has 2 rings (SSSR count). The van der Waals surface area contributed by atoms with Crippen molar-refractivity contribution in [3.63, 3.8) is 0 Å². The predicted octanol–water partition coefficient (Wildman–Crippen LogP) is 2.89. The van der Waals surface area contributed by atoms with Crippen LogP contribution in [-0.2, 0) is 0 Å². The number of hydrogen-bond donors (Lipinski definition) is 1. The van der Waals surface area contributed by atoms with E-state index in [0.29, 0.717) is 11.7 Å². The summed E-state index contributed by atoms with van der Waals surface area (Å²) in [7, 11) is 3.45. The molecule has 88 valence electrons. The second-order valence-electron chi connectivity index (χ2n) is 4.34. The fourth-order valence-corrected chi connectivity index (χ4v) is 2.31. The second kappa shape index (κ2) is 4.83. The lowest BCUT2D eigenvalue weighted by atomic mass is 9.77. The van der Waals surface area contributed by atoms with Gasteiger partial charge in [-0.15, -0.1) is 0 Å². The van der Waals surface area contributed by atoms with Crippen LogP contribution in [0.3, 0.4) is 0 Å². The smallest absolute Gasteiger partial charge is 0.131 e. The standard InChI is InChI=1S/C13H18FNO/c1-15-13(9-4-3-5-9)11-7-6-10(16-2)8-12(11)14/h6-9,13,15H,3-5H2,1-2H3. The lowest BCUT2D eigenvalue weighted by Crippen LogP contribution is -2.30. The van der Waals surface area contributed by atoms with Gasteiger partial charge in [-0.3, -0.25) is 0 Å². The van der Waals surface area contributed by atoms with Crippen LogP contribution in [0.4, 0.5) is 4.39 Å². The van der Waals surface area contributed by atoms with E-state index in [0.717, 1.165) is 5.56 Å². The van der Waals surface area contributed by atoms with Gasteiger partial charge in [0.15, 0.2) is 0 Å². The van der Waals surface area contributed by atoms with Crippen LogP contribution in [-0.4, -0.2) is 14.2 Å². The lowest BCUT2D eigenvalue weighted by Gasteiger charge is -2.34. The lowest BCUT2D eigenvalue weighted by molar-refractivity contribution is 0.235. The van der Waals surface area contributed by atoms with Crippen LogP contribution in [0.25, 0.3) is 0 Å². The average Bonchev–Trinajstić information content (AvgIpc) is 2.23. The first kappa shape index (κ1) is 11.4. The largest absolute Gasteiger partial charge is 0.497 e. The number of benzene rings is 1. The average molecular weight is 223 g/mol. The van der Waals surface area contributed by atoms with Crippen molar-refractivity contribution in [2.45, 2.75) is 25.3 Å². The van der Waals surface area contributed by atoms with E-state index in [4.69, 9.17) is 4.74 Å². The maximum absolute atomic E-state index is 13.9. The van der Waals surface area contributed by atoms with Crippen molar-refractivity contribution in [2.75, 3.05) is 14.2 Å². The SMILES string of the molecule is CNC(c1ccc(OC)cc1F)C1CCC1. The Morgan fingerprint density at radius 2 is 2.19 bits per heavy atom. The molecule has 1 unspecified atom stereocenters. The highest BCUT2D eigenvalue weighted by Gasteiger charge is 2.29. The molecule has 0 aliphatic heterocycles. The number of methoxy groups -OCH3 is 1. The van der Waals surface area contributed by atoms with Gasteiger partial charge in [-0.2, -0.15) is 0 Å². The molecule has 0 saturated heterocycles. The zero-order valence-electron chi connectivity index (χ0n) is 9.79. The fraction of sp³-hybridized carbons (Fsp3) is 0.538. The summed E-state index contributed by atoms with van der Waals surface area (Å²) >= 11 is 0. The zero-order valence-corrected chi connectivity index (χ0v) is 9.79. The Balaban J connectivity index is 2.23. The third kappa shape index (κ3) is 2.05. The van der Waals surface area contributed by atoms with Crippen LogP contribution in [0, 0.1) is 11.7 Å². The third-order valence-corrected chi connectivity index (χ3v) is 3.47. The van der Waals surface area contributed by atoms with E-state index in [9.17, 15) is 4.39 Å². The Hall–Kier alpha value is -1.09. The first-order valence-corrected chi connectivity index (χ1v) is 5.77. The van der Waals surface area contributed by atoms with Crippen molar-refractivity contribution >= 4 is 0 Å². The topological polar surface area (TPSA) is 21.3 Å². The summed E-state index contributed by atoms with van der Waals surface area (Å²) in [5, 5.41) is 3.22. The molecule has 0 radical (unpaired) electrons. The number of halogens is 1. The summed E-state index contributed by atoms with van der Waals surface area (Å²) in [5.74, 6) is 0.975. The van der Waals surface area contributed by atoms with Gasteiger partial charge in [-0.1, -0.05) is 12.5 Å². The molecule has 1 aromatic rings. The van der Waals surface area contributed by atoms with Crippen LogP contribution in [0.1, 0.15) is 30.9 Å².